The van der Waals surface area contributed by atoms with Crippen molar-refractivity contribution in [2.45, 2.75) is 6.92 Å². The second-order valence-corrected chi connectivity index (χ2v) is 3.16. The Morgan fingerprint density at radius 1 is 1.50 bits per heavy atom. The number of ether oxygens (including phenoxy) is 1. The zero-order valence-electron chi connectivity index (χ0n) is 8.08. The van der Waals surface area contributed by atoms with Crippen LogP contribution in [-0.2, 0) is 0 Å². The zero-order chi connectivity index (χ0) is 9.97. The van der Waals surface area contributed by atoms with Crippen molar-refractivity contribution in [3.8, 4) is 5.88 Å². The van der Waals surface area contributed by atoms with E-state index in [0.29, 0.717) is 19.0 Å². The summed E-state index contributed by atoms with van der Waals surface area (Å²) in [4.78, 5) is 0. The summed E-state index contributed by atoms with van der Waals surface area (Å²) in [5.41, 5.74) is 7.52. The Morgan fingerprint density at radius 3 is 3.14 bits per heavy atom. The van der Waals surface area contributed by atoms with E-state index in [1.165, 1.54) is 0 Å². The number of fused-ring (bicyclic) bond motifs is 1. The van der Waals surface area contributed by atoms with E-state index in [1.807, 2.05) is 25.1 Å². The van der Waals surface area contributed by atoms with E-state index in [9.17, 15) is 0 Å². The molecule has 4 nitrogen and oxygen atoms in total. The van der Waals surface area contributed by atoms with Crippen LogP contribution in [0, 0.1) is 6.92 Å². The molecule has 0 atom stereocenters. The molecule has 0 spiro atoms. The number of nitrogens with zero attached hydrogens (tertiary/aromatic N) is 1. The number of benzene rings is 1. The van der Waals surface area contributed by atoms with Gasteiger partial charge in [-0.05, 0) is 18.6 Å². The summed E-state index contributed by atoms with van der Waals surface area (Å²) >= 11 is 0. The van der Waals surface area contributed by atoms with Crippen LogP contribution < -0.4 is 10.5 Å². The van der Waals surface area contributed by atoms with Gasteiger partial charge in [0.15, 0.2) is 0 Å². The minimum Gasteiger partial charge on any atom is -0.475 e. The van der Waals surface area contributed by atoms with Gasteiger partial charge in [-0.25, -0.2) is 0 Å². The van der Waals surface area contributed by atoms with Crippen LogP contribution in [0.4, 0.5) is 0 Å². The quantitative estimate of drug-likeness (QED) is 0.766. The fraction of sp³-hybridized carbons (Fsp3) is 0.300. The first-order chi connectivity index (χ1) is 6.83. The van der Waals surface area contributed by atoms with Gasteiger partial charge in [0.2, 0.25) is 5.88 Å². The molecule has 0 saturated heterocycles. The molecule has 2 rings (SSSR count). The van der Waals surface area contributed by atoms with Gasteiger partial charge in [-0.15, -0.1) is 5.10 Å². The summed E-state index contributed by atoms with van der Waals surface area (Å²) in [7, 11) is 0. The van der Waals surface area contributed by atoms with Gasteiger partial charge < -0.3 is 10.5 Å². The van der Waals surface area contributed by atoms with Crippen LogP contribution in [0.15, 0.2) is 18.2 Å². The second-order valence-electron chi connectivity index (χ2n) is 3.16. The molecule has 74 valence electrons. The highest BCUT2D eigenvalue weighted by molar-refractivity contribution is 5.87. The van der Waals surface area contributed by atoms with Gasteiger partial charge in [-0.1, -0.05) is 12.1 Å². The fourth-order valence-electron chi connectivity index (χ4n) is 1.47. The van der Waals surface area contributed by atoms with Gasteiger partial charge in [0.1, 0.15) is 6.61 Å². The smallest absolute Gasteiger partial charge is 0.240 e. The zero-order valence-corrected chi connectivity index (χ0v) is 8.08. The van der Waals surface area contributed by atoms with Crippen LogP contribution in [0.25, 0.3) is 10.9 Å². The van der Waals surface area contributed by atoms with Gasteiger partial charge in [-0.3, -0.25) is 5.10 Å². The highest BCUT2D eigenvalue weighted by atomic mass is 16.5. The van der Waals surface area contributed by atoms with Gasteiger partial charge in [0.05, 0.1) is 10.9 Å². The molecule has 1 aromatic heterocycles. The maximum absolute atomic E-state index is 5.42. The number of aromatic nitrogens is 2. The third kappa shape index (κ3) is 1.44. The Morgan fingerprint density at radius 2 is 2.36 bits per heavy atom. The summed E-state index contributed by atoms with van der Waals surface area (Å²) in [6.07, 6.45) is 0. The lowest BCUT2D eigenvalue weighted by Gasteiger charge is -2.01. The van der Waals surface area contributed by atoms with Gasteiger partial charge in [0, 0.05) is 6.54 Å². The first-order valence-electron chi connectivity index (χ1n) is 4.59. The molecule has 0 saturated carbocycles. The van der Waals surface area contributed by atoms with Crippen molar-refractivity contribution in [1.29, 1.82) is 0 Å². The molecule has 2 aromatic rings. The normalized spacial score (nSPS) is 10.7. The standard InChI is InChI=1S/C10H13N3O/c1-7-3-2-4-8-9(7)10(13-12-8)14-6-5-11/h2-4H,5-6,11H2,1H3,(H,12,13). The molecule has 0 fully saturated rings. The lowest BCUT2D eigenvalue weighted by Crippen LogP contribution is -2.10. The van der Waals surface area contributed by atoms with Crippen molar-refractivity contribution in [3.05, 3.63) is 23.8 Å². The molecule has 0 amide bonds. The largest absolute Gasteiger partial charge is 0.475 e. The summed E-state index contributed by atoms with van der Waals surface area (Å²) in [6, 6.07) is 6.00. The average Bonchev–Trinajstić information content (AvgIpc) is 2.59. The highest BCUT2D eigenvalue weighted by Gasteiger charge is 2.07. The Bertz CT molecular complexity index is 436. The maximum Gasteiger partial charge on any atom is 0.240 e. The van der Waals surface area contributed by atoms with Crippen molar-refractivity contribution < 1.29 is 4.74 Å². The first kappa shape index (κ1) is 9.02. The van der Waals surface area contributed by atoms with E-state index in [-0.39, 0.29) is 0 Å². The molecule has 4 heteroatoms. The molecule has 1 heterocycles. The number of rotatable bonds is 3. The molecule has 0 aliphatic rings. The first-order valence-corrected chi connectivity index (χ1v) is 4.59. The Labute approximate surface area is 82.1 Å². The molecule has 0 aliphatic carbocycles. The lowest BCUT2D eigenvalue weighted by molar-refractivity contribution is 0.318. The molecule has 0 radical (unpaired) electrons. The summed E-state index contributed by atoms with van der Waals surface area (Å²) in [5, 5.41) is 8.06. The maximum atomic E-state index is 5.42. The van der Waals surface area contributed by atoms with E-state index in [1.54, 1.807) is 0 Å². The lowest BCUT2D eigenvalue weighted by atomic mass is 10.1. The Kier molecular flexibility index (Phi) is 2.37. The predicted octanol–water partition coefficient (Wildman–Crippen LogP) is 1.21. The number of nitrogens with one attached hydrogen (secondary N) is 1. The number of aromatic amines is 1. The van der Waals surface area contributed by atoms with Crippen molar-refractivity contribution in [3.63, 3.8) is 0 Å². The molecule has 0 bridgehead atoms. The second kappa shape index (κ2) is 3.67. The summed E-state index contributed by atoms with van der Waals surface area (Å²) in [6.45, 7) is 3.03. The monoisotopic (exact) mass is 191 g/mol. The molecule has 0 aliphatic heterocycles. The molecule has 3 N–H and O–H groups in total. The number of hydrogen-bond acceptors (Lipinski definition) is 3. The molecular weight excluding hydrogens is 178 g/mol. The fourth-order valence-corrected chi connectivity index (χ4v) is 1.47. The van der Waals surface area contributed by atoms with Crippen LogP contribution in [0.1, 0.15) is 5.56 Å². The molecule has 1 aromatic carbocycles. The summed E-state index contributed by atoms with van der Waals surface area (Å²) < 4.78 is 5.42. The van der Waals surface area contributed by atoms with E-state index in [4.69, 9.17) is 10.5 Å². The Hall–Kier alpha value is -1.55. The number of hydrogen-bond donors (Lipinski definition) is 2. The minimum absolute atomic E-state index is 0.494. The Balaban J connectivity index is 2.45. The molecule has 14 heavy (non-hydrogen) atoms. The van der Waals surface area contributed by atoms with E-state index in [0.717, 1.165) is 16.5 Å². The van der Waals surface area contributed by atoms with E-state index >= 15 is 0 Å². The predicted molar refractivity (Wildman–Crippen MR) is 55.4 cm³/mol. The van der Waals surface area contributed by atoms with Crippen LogP contribution in [-0.4, -0.2) is 23.3 Å². The van der Waals surface area contributed by atoms with Crippen molar-refractivity contribution in [2.24, 2.45) is 5.73 Å². The minimum atomic E-state index is 0.494. The number of aryl methyl sites for hydroxylation is 1. The van der Waals surface area contributed by atoms with Gasteiger partial charge in [-0.2, -0.15) is 0 Å². The van der Waals surface area contributed by atoms with Crippen LogP contribution in [0.5, 0.6) is 5.88 Å². The average molecular weight is 191 g/mol. The SMILES string of the molecule is Cc1cccc2[nH]nc(OCCN)c12. The third-order valence-electron chi connectivity index (χ3n) is 2.12. The summed E-state index contributed by atoms with van der Waals surface area (Å²) in [5.74, 6) is 0.642. The number of nitrogens with two attached hydrogens (primary N) is 1. The van der Waals surface area contributed by atoms with Gasteiger partial charge >= 0.3 is 0 Å². The van der Waals surface area contributed by atoms with Crippen LogP contribution >= 0.6 is 0 Å². The van der Waals surface area contributed by atoms with Gasteiger partial charge in [0.25, 0.3) is 0 Å². The van der Waals surface area contributed by atoms with Crippen LogP contribution in [0.2, 0.25) is 0 Å². The van der Waals surface area contributed by atoms with Crippen LogP contribution in [0.3, 0.4) is 0 Å². The molecular formula is C10H13N3O. The van der Waals surface area contributed by atoms with E-state index < -0.39 is 0 Å². The third-order valence-corrected chi connectivity index (χ3v) is 2.12. The topological polar surface area (TPSA) is 63.9 Å². The number of H-pyrrole nitrogens is 1. The van der Waals surface area contributed by atoms with Crippen molar-refractivity contribution >= 4 is 10.9 Å². The van der Waals surface area contributed by atoms with Crippen molar-refractivity contribution in [2.75, 3.05) is 13.2 Å². The molecule has 0 unspecified atom stereocenters. The van der Waals surface area contributed by atoms with Crippen molar-refractivity contribution in [1.82, 2.24) is 10.2 Å². The van der Waals surface area contributed by atoms with E-state index in [2.05, 4.69) is 10.2 Å². The highest BCUT2D eigenvalue weighted by Crippen LogP contribution is 2.25.